The first-order chi connectivity index (χ1) is 27.3. The fourth-order valence-corrected chi connectivity index (χ4v) is 5.93. The van der Waals surface area contributed by atoms with E-state index >= 15 is 0 Å². The number of aromatic hydroxyl groups is 2. The van der Waals surface area contributed by atoms with Crippen LogP contribution in [0.2, 0.25) is 5.02 Å². The first-order valence-corrected chi connectivity index (χ1v) is 17.2. The van der Waals surface area contributed by atoms with E-state index < -0.39 is 87.6 Å². The molecule has 6 rings (SSSR count). The zero-order chi connectivity index (χ0) is 42.6. The predicted molar refractivity (Wildman–Crippen MR) is 197 cm³/mol. The lowest BCUT2D eigenvalue weighted by Gasteiger charge is -2.16. The van der Waals surface area contributed by atoms with Crippen molar-refractivity contribution < 1.29 is 57.2 Å². The van der Waals surface area contributed by atoms with Crippen molar-refractivity contribution in [1.82, 2.24) is 29.0 Å². The van der Waals surface area contributed by atoms with Gasteiger partial charge in [0.15, 0.2) is 11.5 Å². The summed E-state index contributed by atoms with van der Waals surface area (Å²) < 4.78 is 56.2. The SMILES string of the molecule is CC[C@H](NC(=O)c1c(O)c2cccn2n(Cc2ccc(C(F)(F)F)cc2)c1=O)C(=O)O.O=C(O)CNC(=O)c1c(O)c2cc(Cl)cn2n(Cc2ccc(F)cc2)c1=O. The highest BCUT2D eigenvalue weighted by molar-refractivity contribution is 6.31. The predicted octanol–water partition coefficient (Wildman–Crippen LogP) is 3.93. The van der Waals surface area contributed by atoms with Gasteiger partial charge in [0, 0.05) is 12.4 Å². The van der Waals surface area contributed by atoms with Crippen LogP contribution < -0.4 is 21.8 Å². The van der Waals surface area contributed by atoms with Gasteiger partial charge in [0.2, 0.25) is 0 Å². The van der Waals surface area contributed by atoms with E-state index in [0.717, 1.165) is 21.5 Å². The van der Waals surface area contributed by atoms with Crippen LogP contribution in [0.5, 0.6) is 11.5 Å². The molecular weight excluding hydrogens is 800 g/mol. The van der Waals surface area contributed by atoms with Crippen LogP contribution in [0, 0.1) is 5.82 Å². The molecule has 4 heterocycles. The van der Waals surface area contributed by atoms with Crippen molar-refractivity contribution in [2.75, 3.05) is 6.54 Å². The molecule has 0 unspecified atom stereocenters. The molecule has 0 radical (unpaired) electrons. The number of amides is 2. The number of benzene rings is 2. The zero-order valence-corrected chi connectivity index (χ0v) is 30.6. The summed E-state index contributed by atoms with van der Waals surface area (Å²) in [7, 11) is 0. The van der Waals surface area contributed by atoms with Crippen molar-refractivity contribution in [3.05, 3.63) is 138 Å². The van der Waals surface area contributed by atoms with Gasteiger partial charge in [0.25, 0.3) is 22.9 Å². The second-order valence-electron chi connectivity index (χ2n) is 12.5. The van der Waals surface area contributed by atoms with E-state index in [1.54, 1.807) is 0 Å². The van der Waals surface area contributed by atoms with Gasteiger partial charge in [-0.15, -0.1) is 0 Å². The second kappa shape index (κ2) is 17.0. The van der Waals surface area contributed by atoms with Crippen molar-refractivity contribution in [2.45, 2.75) is 38.7 Å². The normalized spacial score (nSPS) is 11.8. The minimum Gasteiger partial charge on any atom is -0.505 e. The lowest BCUT2D eigenvalue weighted by Crippen LogP contribution is -2.43. The largest absolute Gasteiger partial charge is 0.505 e. The smallest absolute Gasteiger partial charge is 0.416 e. The van der Waals surface area contributed by atoms with E-state index in [4.69, 9.17) is 21.8 Å². The summed E-state index contributed by atoms with van der Waals surface area (Å²) in [5.74, 6) is -6.40. The fraction of sp³-hybridized carbons (Fsp3) is 0.189. The molecule has 4 aromatic heterocycles. The summed E-state index contributed by atoms with van der Waals surface area (Å²) in [6.07, 6.45) is -1.64. The highest BCUT2D eigenvalue weighted by atomic mass is 35.5. The highest BCUT2D eigenvalue weighted by Crippen LogP contribution is 2.30. The topological polar surface area (TPSA) is 226 Å². The molecule has 0 bridgehead atoms. The van der Waals surface area contributed by atoms with Gasteiger partial charge in [0.05, 0.1) is 23.7 Å². The Bertz CT molecular complexity index is 2670. The Kier molecular flexibility index (Phi) is 12.3. The van der Waals surface area contributed by atoms with Crippen molar-refractivity contribution in [3.8, 4) is 11.5 Å². The zero-order valence-electron chi connectivity index (χ0n) is 29.8. The Labute approximate surface area is 327 Å². The third-order valence-corrected chi connectivity index (χ3v) is 8.80. The van der Waals surface area contributed by atoms with Crippen LogP contribution >= 0.6 is 11.6 Å². The van der Waals surface area contributed by atoms with Crippen LogP contribution in [0.1, 0.15) is 50.8 Å². The number of hydrogen-bond acceptors (Lipinski definition) is 8. The number of carbonyl (C=O) groups is 4. The number of halogens is 5. The van der Waals surface area contributed by atoms with E-state index in [9.17, 15) is 56.5 Å². The van der Waals surface area contributed by atoms with E-state index in [1.165, 1.54) is 82.9 Å². The number of nitrogens with one attached hydrogen (secondary N) is 2. The number of aliphatic carboxylic acids is 2. The molecule has 0 spiro atoms. The maximum absolute atomic E-state index is 13.1. The van der Waals surface area contributed by atoms with Crippen LogP contribution in [0.4, 0.5) is 17.6 Å². The van der Waals surface area contributed by atoms with Gasteiger partial charge < -0.3 is 31.1 Å². The Balaban J connectivity index is 0.000000223. The fourth-order valence-electron chi connectivity index (χ4n) is 5.73. The maximum atomic E-state index is 13.1. The number of fused-ring (bicyclic) bond motifs is 2. The molecule has 304 valence electrons. The van der Waals surface area contributed by atoms with Crippen molar-refractivity contribution in [1.29, 1.82) is 0 Å². The summed E-state index contributed by atoms with van der Waals surface area (Å²) >= 11 is 5.96. The van der Waals surface area contributed by atoms with Gasteiger partial charge >= 0.3 is 18.1 Å². The van der Waals surface area contributed by atoms with Gasteiger partial charge in [-0.05, 0) is 60.0 Å². The number of alkyl halides is 3. The molecule has 2 amide bonds. The average Bonchev–Trinajstić information content (AvgIpc) is 3.82. The monoisotopic (exact) mass is 830 g/mol. The molecule has 21 heteroatoms. The van der Waals surface area contributed by atoms with Crippen LogP contribution in [0.3, 0.4) is 0 Å². The number of carbonyl (C=O) groups excluding carboxylic acids is 2. The first-order valence-electron chi connectivity index (χ1n) is 16.8. The quantitative estimate of drug-likeness (QED) is 0.103. The number of carboxylic acids is 2. The Hall–Kier alpha value is -7.09. The molecule has 16 nitrogen and oxygen atoms in total. The van der Waals surface area contributed by atoms with E-state index in [0.29, 0.717) is 11.1 Å². The van der Waals surface area contributed by atoms with Crippen molar-refractivity contribution in [3.63, 3.8) is 0 Å². The van der Waals surface area contributed by atoms with E-state index in [-0.39, 0.29) is 35.6 Å². The van der Waals surface area contributed by atoms with Gasteiger partial charge in [-0.3, -0.25) is 33.0 Å². The molecule has 6 N–H and O–H groups in total. The first kappa shape index (κ1) is 42.1. The Morgan fingerprint density at radius 1 is 0.793 bits per heavy atom. The molecule has 0 fully saturated rings. The van der Waals surface area contributed by atoms with Crippen LogP contribution in [0.15, 0.2) is 88.7 Å². The molecule has 6 aromatic rings. The van der Waals surface area contributed by atoms with Gasteiger partial charge in [-0.2, -0.15) is 13.2 Å². The molecule has 2 aromatic carbocycles. The highest BCUT2D eigenvalue weighted by Gasteiger charge is 2.30. The molecule has 0 aliphatic heterocycles. The van der Waals surface area contributed by atoms with Crippen molar-refractivity contribution >= 4 is 46.4 Å². The van der Waals surface area contributed by atoms with E-state index in [2.05, 4.69) is 5.32 Å². The Morgan fingerprint density at radius 2 is 1.33 bits per heavy atom. The third-order valence-electron chi connectivity index (χ3n) is 8.60. The summed E-state index contributed by atoms with van der Waals surface area (Å²) in [6.45, 7) is 0.569. The minimum atomic E-state index is -4.51. The maximum Gasteiger partial charge on any atom is 0.416 e. The van der Waals surface area contributed by atoms with Gasteiger partial charge in [-0.25, -0.2) is 18.5 Å². The minimum absolute atomic E-state index is 0.0416. The van der Waals surface area contributed by atoms with Crippen LogP contribution in [-0.2, 0) is 28.9 Å². The molecule has 1 atom stereocenters. The number of rotatable bonds is 11. The van der Waals surface area contributed by atoms with E-state index in [1.807, 2.05) is 5.32 Å². The number of hydrogen-bond donors (Lipinski definition) is 6. The second-order valence-corrected chi connectivity index (χ2v) is 12.9. The lowest BCUT2D eigenvalue weighted by atomic mass is 10.1. The molecule has 58 heavy (non-hydrogen) atoms. The van der Waals surface area contributed by atoms with Crippen molar-refractivity contribution in [2.24, 2.45) is 0 Å². The molecule has 0 aliphatic carbocycles. The van der Waals surface area contributed by atoms with Gasteiger partial charge in [0.1, 0.15) is 40.6 Å². The average molecular weight is 831 g/mol. The van der Waals surface area contributed by atoms with Crippen LogP contribution in [0.25, 0.3) is 11.0 Å². The standard InChI is InChI=1S/C20H18F3N3O5.C17H13ClFN3O5/c1-2-13(19(30)31)24-17(28)15-16(27)14-4-3-9-25(14)26(18(15)29)10-11-5-7-12(8-6-11)20(21,22)23;18-10-5-12-15(25)14(16(26)20-6-13(23)24)17(27)22(21(12)8-10)7-9-1-3-11(19)4-2-9/h3-9,13,27H,2,10H2,1H3,(H,24,28)(H,30,31);1-5,8,25H,6-7H2,(H,20,26)(H,23,24)/t13-;/m0./s1. The number of carboxylic acid groups (broad SMARTS) is 2. The van der Waals surface area contributed by atoms with Crippen LogP contribution in [-0.4, -0.2) is 75.2 Å². The Morgan fingerprint density at radius 3 is 1.86 bits per heavy atom. The third kappa shape index (κ3) is 8.96. The number of nitrogens with zero attached hydrogens (tertiary/aromatic N) is 4. The summed E-state index contributed by atoms with van der Waals surface area (Å²) in [4.78, 5) is 72.5. The molecule has 0 saturated carbocycles. The van der Waals surface area contributed by atoms with Gasteiger partial charge in [-0.1, -0.05) is 42.8 Å². The summed E-state index contributed by atoms with van der Waals surface area (Å²) in [6, 6.07) is 12.6. The molecule has 0 aliphatic rings. The number of aromatic nitrogens is 4. The summed E-state index contributed by atoms with van der Waals surface area (Å²) in [5.41, 5.74) is -2.81. The molecule has 0 saturated heterocycles. The molecular formula is C37H31ClF4N6O10. The lowest BCUT2D eigenvalue weighted by molar-refractivity contribution is -0.139. The summed E-state index contributed by atoms with van der Waals surface area (Å²) in [5, 5.41) is 43.1.